The van der Waals surface area contributed by atoms with Crippen molar-refractivity contribution < 1.29 is 35.8 Å². The summed E-state index contributed by atoms with van der Waals surface area (Å²) in [4.78, 5) is -0.683. The highest BCUT2D eigenvalue weighted by atomic mass is 32.2. The molecule has 2 N–H and O–H groups in total. The van der Waals surface area contributed by atoms with Crippen molar-refractivity contribution in [3.8, 4) is 17.1 Å². The van der Waals surface area contributed by atoms with Gasteiger partial charge in [0, 0.05) is 12.1 Å². The summed E-state index contributed by atoms with van der Waals surface area (Å²) in [6, 6.07) is 14.4. The van der Waals surface area contributed by atoms with Crippen molar-refractivity contribution in [1.29, 1.82) is 0 Å². The summed E-state index contributed by atoms with van der Waals surface area (Å²) in [5.74, 6) is -0.224. The number of ether oxygens (including phenoxy) is 1. The molecule has 1 aromatic heterocycles. The SMILES string of the molecule is O=S(=O)(NCC(O)c1ccc(-c2ccco2)cc1)c1ccccc1OC(F)(F)F. The largest absolute Gasteiger partial charge is 0.573 e. The molecule has 0 radical (unpaired) electrons. The van der Waals surface area contributed by atoms with Crippen molar-refractivity contribution in [1.82, 2.24) is 4.72 Å². The highest BCUT2D eigenvalue weighted by Crippen LogP contribution is 2.29. The molecule has 0 bridgehead atoms. The van der Waals surface area contributed by atoms with E-state index >= 15 is 0 Å². The third-order valence-corrected chi connectivity index (χ3v) is 5.40. The number of benzene rings is 2. The van der Waals surface area contributed by atoms with E-state index in [1.54, 1.807) is 36.4 Å². The first kappa shape index (κ1) is 20.9. The van der Waals surface area contributed by atoms with Crippen LogP contribution in [0.25, 0.3) is 11.3 Å². The summed E-state index contributed by atoms with van der Waals surface area (Å²) in [6.45, 7) is -0.442. The smallest absolute Gasteiger partial charge is 0.464 e. The second-order valence-electron chi connectivity index (χ2n) is 5.96. The van der Waals surface area contributed by atoms with Crippen molar-refractivity contribution in [2.75, 3.05) is 6.54 Å². The molecule has 3 rings (SSSR count). The molecular formula is C19H16F3NO5S. The second-order valence-corrected chi connectivity index (χ2v) is 7.70. The molecule has 0 aliphatic rings. The Morgan fingerprint density at radius 2 is 1.72 bits per heavy atom. The predicted octanol–water partition coefficient (Wildman–Crippen LogP) is 3.86. The number of rotatable bonds is 7. The van der Waals surface area contributed by atoms with Gasteiger partial charge >= 0.3 is 6.36 Å². The fourth-order valence-electron chi connectivity index (χ4n) is 2.58. The Labute approximate surface area is 164 Å². The number of para-hydroxylation sites is 1. The van der Waals surface area contributed by atoms with Gasteiger partial charge in [-0.05, 0) is 29.8 Å². The lowest BCUT2D eigenvalue weighted by atomic mass is 10.1. The van der Waals surface area contributed by atoms with E-state index in [1.807, 2.05) is 0 Å². The standard InChI is InChI=1S/C19H16F3NO5S/c20-19(21,22)28-17-4-1-2-6-18(17)29(25,26)23-12-15(24)13-7-9-14(10-8-13)16-5-3-11-27-16/h1-11,15,23-24H,12H2. The van der Waals surface area contributed by atoms with Crippen molar-refractivity contribution in [2.24, 2.45) is 0 Å². The lowest BCUT2D eigenvalue weighted by Gasteiger charge is -2.16. The summed E-state index contributed by atoms with van der Waals surface area (Å²) in [5, 5.41) is 10.2. The minimum Gasteiger partial charge on any atom is -0.464 e. The van der Waals surface area contributed by atoms with E-state index in [-0.39, 0.29) is 0 Å². The van der Waals surface area contributed by atoms with Crippen LogP contribution >= 0.6 is 0 Å². The Bertz CT molecular complexity index is 1050. The number of furan rings is 1. The fraction of sp³-hybridized carbons (Fsp3) is 0.158. The first-order valence-electron chi connectivity index (χ1n) is 8.32. The molecule has 1 unspecified atom stereocenters. The van der Waals surface area contributed by atoms with Gasteiger partial charge in [-0.25, -0.2) is 13.1 Å². The van der Waals surface area contributed by atoms with E-state index in [4.69, 9.17) is 4.42 Å². The lowest BCUT2D eigenvalue weighted by Crippen LogP contribution is -2.29. The molecule has 0 fully saturated rings. The highest BCUT2D eigenvalue weighted by Gasteiger charge is 2.34. The zero-order valence-electron chi connectivity index (χ0n) is 14.8. The first-order chi connectivity index (χ1) is 13.7. The zero-order valence-corrected chi connectivity index (χ0v) is 15.6. The number of sulfonamides is 1. The number of halogens is 3. The maximum atomic E-state index is 12.5. The van der Waals surface area contributed by atoms with Gasteiger partial charge in [-0.3, -0.25) is 0 Å². The number of aliphatic hydroxyl groups is 1. The quantitative estimate of drug-likeness (QED) is 0.598. The van der Waals surface area contributed by atoms with E-state index < -0.39 is 39.7 Å². The van der Waals surface area contributed by atoms with Crippen molar-refractivity contribution in [3.63, 3.8) is 0 Å². The highest BCUT2D eigenvalue weighted by molar-refractivity contribution is 7.89. The summed E-state index contributed by atoms with van der Waals surface area (Å²) < 4.78 is 73.4. The molecule has 2 aromatic carbocycles. The number of hydrogen-bond acceptors (Lipinski definition) is 5. The summed E-state index contributed by atoms with van der Waals surface area (Å²) in [5.41, 5.74) is 1.19. The molecular weight excluding hydrogens is 411 g/mol. The zero-order chi connectivity index (χ0) is 21.1. The predicted molar refractivity (Wildman–Crippen MR) is 97.4 cm³/mol. The number of alkyl halides is 3. The van der Waals surface area contributed by atoms with Gasteiger partial charge in [-0.1, -0.05) is 36.4 Å². The van der Waals surface area contributed by atoms with Crippen LogP contribution in [0.3, 0.4) is 0 Å². The van der Waals surface area contributed by atoms with Crippen LogP contribution in [0.1, 0.15) is 11.7 Å². The molecule has 1 atom stereocenters. The van der Waals surface area contributed by atoms with Crippen molar-refractivity contribution in [2.45, 2.75) is 17.4 Å². The summed E-state index contributed by atoms with van der Waals surface area (Å²) >= 11 is 0. The van der Waals surface area contributed by atoms with Gasteiger partial charge in [-0.15, -0.1) is 13.2 Å². The van der Waals surface area contributed by atoms with Gasteiger partial charge in [-0.2, -0.15) is 0 Å². The van der Waals surface area contributed by atoms with E-state index in [1.165, 1.54) is 18.4 Å². The van der Waals surface area contributed by atoms with Crippen LogP contribution in [-0.2, 0) is 10.0 Å². The molecule has 0 aliphatic carbocycles. The molecule has 0 amide bonds. The number of hydrogen-bond donors (Lipinski definition) is 2. The molecule has 0 saturated heterocycles. The lowest BCUT2D eigenvalue weighted by molar-refractivity contribution is -0.275. The average molecular weight is 427 g/mol. The molecule has 0 saturated carbocycles. The van der Waals surface area contributed by atoms with Crippen LogP contribution in [0, 0.1) is 0 Å². The molecule has 29 heavy (non-hydrogen) atoms. The topological polar surface area (TPSA) is 88.8 Å². The third-order valence-electron chi connectivity index (χ3n) is 3.93. The minimum absolute atomic E-state index is 0.419. The van der Waals surface area contributed by atoms with Crippen LogP contribution < -0.4 is 9.46 Å². The summed E-state index contributed by atoms with van der Waals surface area (Å²) in [7, 11) is -4.36. The van der Waals surface area contributed by atoms with Gasteiger partial charge in [0.1, 0.15) is 16.4 Å². The molecule has 6 nitrogen and oxygen atoms in total. The molecule has 0 aliphatic heterocycles. The van der Waals surface area contributed by atoms with Crippen LogP contribution in [0.5, 0.6) is 5.75 Å². The van der Waals surface area contributed by atoms with E-state index in [9.17, 15) is 26.7 Å². The van der Waals surface area contributed by atoms with Gasteiger partial charge in [0.15, 0.2) is 0 Å². The van der Waals surface area contributed by atoms with E-state index in [0.29, 0.717) is 11.3 Å². The van der Waals surface area contributed by atoms with Gasteiger partial charge in [0.05, 0.1) is 12.4 Å². The Morgan fingerprint density at radius 1 is 1.03 bits per heavy atom. The molecule has 1 heterocycles. The van der Waals surface area contributed by atoms with Crippen molar-refractivity contribution in [3.05, 3.63) is 72.5 Å². The Morgan fingerprint density at radius 3 is 2.34 bits per heavy atom. The van der Waals surface area contributed by atoms with Crippen LogP contribution in [0.15, 0.2) is 76.2 Å². The normalized spacial score (nSPS) is 13.2. The van der Waals surface area contributed by atoms with Crippen molar-refractivity contribution >= 4 is 10.0 Å². The fourth-order valence-corrected chi connectivity index (χ4v) is 3.74. The van der Waals surface area contributed by atoms with E-state index in [0.717, 1.165) is 17.7 Å². The average Bonchev–Trinajstić information content (AvgIpc) is 3.20. The maximum Gasteiger partial charge on any atom is 0.573 e. The Balaban J connectivity index is 1.70. The second kappa shape index (κ2) is 8.27. The molecule has 0 spiro atoms. The third kappa shape index (κ3) is 5.37. The summed E-state index contributed by atoms with van der Waals surface area (Å²) in [6.07, 6.45) is -4.74. The van der Waals surface area contributed by atoms with Crippen LogP contribution in [-0.4, -0.2) is 26.4 Å². The van der Waals surface area contributed by atoms with Gasteiger partial charge in [0.2, 0.25) is 10.0 Å². The number of aliphatic hydroxyl groups excluding tert-OH is 1. The van der Waals surface area contributed by atoms with Gasteiger partial charge < -0.3 is 14.3 Å². The van der Waals surface area contributed by atoms with Crippen LogP contribution in [0.4, 0.5) is 13.2 Å². The Kier molecular flexibility index (Phi) is 5.96. The number of nitrogens with one attached hydrogen (secondary N) is 1. The van der Waals surface area contributed by atoms with Crippen LogP contribution in [0.2, 0.25) is 0 Å². The first-order valence-corrected chi connectivity index (χ1v) is 9.80. The monoisotopic (exact) mass is 427 g/mol. The minimum atomic E-state index is -5.04. The molecule has 3 aromatic rings. The molecule has 154 valence electrons. The Hall–Kier alpha value is -2.82. The maximum absolute atomic E-state index is 12.5. The van der Waals surface area contributed by atoms with E-state index in [2.05, 4.69) is 9.46 Å². The van der Waals surface area contributed by atoms with Gasteiger partial charge in [0.25, 0.3) is 0 Å². The molecule has 10 heteroatoms.